The molecule has 0 unspecified atom stereocenters. The number of hydrogen-bond acceptors (Lipinski definition) is 2. The van der Waals surface area contributed by atoms with Gasteiger partial charge in [0.25, 0.3) is 5.56 Å². The monoisotopic (exact) mass is 256 g/mol. The van der Waals surface area contributed by atoms with Crippen molar-refractivity contribution < 1.29 is 0 Å². The Balaban J connectivity index is 2.99. The molecule has 16 heavy (non-hydrogen) atoms. The zero-order valence-electron chi connectivity index (χ0n) is 8.92. The smallest absolute Gasteiger partial charge is 0.262 e. The number of aromatic nitrogens is 2. The van der Waals surface area contributed by atoms with E-state index >= 15 is 0 Å². The lowest BCUT2D eigenvalue weighted by molar-refractivity contribution is 0.719. The maximum absolute atomic E-state index is 12.1. The van der Waals surface area contributed by atoms with Crippen LogP contribution in [-0.2, 0) is 6.54 Å². The minimum atomic E-state index is -0.150. The van der Waals surface area contributed by atoms with Crippen molar-refractivity contribution in [3.05, 3.63) is 38.4 Å². The molecule has 1 aromatic heterocycles. The van der Waals surface area contributed by atoms with Crippen LogP contribution in [0.4, 0.5) is 0 Å². The summed E-state index contributed by atoms with van der Waals surface area (Å²) in [5.74, 6) is 0. The SMILES string of the molecule is CCn1c(Cl)nc2c(Cl)cc(C)cc2c1=O. The van der Waals surface area contributed by atoms with Crippen LogP contribution in [0.1, 0.15) is 12.5 Å². The van der Waals surface area contributed by atoms with Crippen LogP contribution in [0, 0.1) is 6.92 Å². The van der Waals surface area contributed by atoms with Crippen LogP contribution in [0.3, 0.4) is 0 Å². The van der Waals surface area contributed by atoms with Gasteiger partial charge in [-0.2, -0.15) is 0 Å². The third kappa shape index (κ3) is 1.70. The normalized spacial score (nSPS) is 11.0. The first-order valence-corrected chi connectivity index (χ1v) is 5.66. The topological polar surface area (TPSA) is 34.9 Å². The molecule has 0 bridgehead atoms. The highest BCUT2D eigenvalue weighted by Gasteiger charge is 2.11. The van der Waals surface area contributed by atoms with E-state index in [0.29, 0.717) is 22.5 Å². The summed E-state index contributed by atoms with van der Waals surface area (Å²) in [7, 11) is 0. The molecule has 1 aromatic carbocycles. The van der Waals surface area contributed by atoms with E-state index in [9.17, 15) is 4.79 Å². The highest BCUT2D eigenvalue weighted by Crippen LogP contribution is 2.22. The fourth-order valence-corrected chi connectivity index (χ4v) is 2.26. The summed E-state index contributed by atoms with van der Waals surface area (Å²) in [6.45, 7) is 4.22. The maximum atomic E-state index is 12.1. The van der Waals surface area contributed by atoms with E-state index in [1.165, 1.54) is 4.57 Å². The fourth-order valence-electron chi connectivity index (χ4n) is 1.67. The van der Waals surface area contributed by atoms with Gasteiger partial charge in [0.2, 0.25) is 5.28 Å². The maximum Gasteiger partial charge on any atom is 0.262 e. The second-order valence-corrected chi connectivity index (χ2v) is 4.32. The van der Waals surface area contributed by atoms with Crippen LogP contribution in [0.5, 0.6) is 0 Å². The van der Waals surface area contributed by atoms with Crippen molar-refractivity contribution in [3.8, 4) is 0 Å². The van der Waals surface area contributed by atoms with E-state index in [0.717, 1.165) is 5.56 Å². The summed E-state index contributed by atoms with van der Waals surface area (Å²) >= 11 is 11.9. The summed E-state index contributed by atoms with van der Waals surface area (Å²) < 4.78 is 1.42. The van der Waals surface area contributed by atoms with Crippen molar-refractivity contribution >= 4 is 34.1 Å². The Labute approximate surface area is 103 Å². The number of hydrogen-bond donors (Lipinski definition) is 0. The Bertz CT molecular complexity index is 619. The highest BCUT2D eigenvalue weighted by molar-refractivity contribution is 6.35. The van der Waals surface area contributed by atoms with E-state index in [4.69, 9.17) is 23.2 Å². The Morgan fingerprint density at radius 2 is 2.06 bits per heavy atom. The molecule has 0 spiro atoms. The minimum absolute atomic E-state index is 0.150. The van der Waals surface area contributed by atoms with E-state index in [1.54, 1.807) is 12.1 Å². The molecule has 2 aromatic rings. The minimum Gasteiger partial charge on any atom is -0.283 e. The Hall–Kier alpha value is -1.06. The van der Waals surface area contributed by atoms with E-state index in [-0.39, 0.29) is 10.8 Å². The van der Waals surface area contributed by atoms with Gasteiger partial charge in [-0.1, -0.05) is 11.6 Å². The molecule has 0 fully saturated rings. The molecule has 0 aliphatic heterocycles. The second-order valence-electron chi connectivity index (χ2n) is 3.57. The molecule has 0 N–H and O–H groups in total. The van der Waals surface area contributed by atoms with Gasteiger partial charge in [-0.05, 0) is 43.1 Å². The molecule has 3 nitrogen and oxygen atoms in total. The van der Waals surface area contributed by atoms with Crippen molar-refractivity contribution in [2.45, 2.75) is 20.4 Å². The lowest BCUT2D eigenvalue weighted by Crippen LogP contribution is -2.21. The third-order valence-electron chi connectivity index (χ3n) is 2.43. The number of aryl methyl sites for hydroxylation is 1. The van der Waals surface area contributed by atoms with Crippen molar-refractivity contribution in [2.24, 2.45) is 0 Å². The zero-order chi connectivity index (χ0) is 11.9. The van der Waals surface area contributed by atoms with Crippen molar-refractivity contribution in [3.63, 3.8) is 0 Å². The molecule has 0 aliphatic rings. The van der Waals surface area contributed by atoms with Crippen LogP contribution in [-0.4, -0.2) is 9.55 Å². The standard InChI is InChI=1S/C11H10Cl2N2O/c1-3-15-10(16)7-4-6(2)5-8(12)9(7)14-11(15)13/h4-5H,3H2,1-2H3. The number of halogens is 2. The number of fused-ring (bicyclic) bond motifs is 1. The summed E-state index contributed by atoms with van der Waals surface area (Å²) in [6.07, 6.45) is 0. The molecule has 0 atom stereocenters. The zero-order valence-corrected chi connectivity index (χ0v) is 10.4. The van der Waals surface area contributed by atoms with Gasteiger partial charge in [0.1, 0.15) is 0 Å². The van der Waals surface area contributed by atoms with Gasteiger partial charge in [-0.3, -0.25) is 9.36 Å². The lowest BCUT2D eigenvalue weighted by Gasteiger charge is -2.08. The van der Waals surface area contributed by atoms with Crippen molar-refractivity contribution in [1.29, 1.82) is 0 Å². The Kier molecular flexibility index (Phi) is 2.91. The predicted octanol–water partition coefficient (Wildman–Crippen LogP) is 3.03. The molecule has 1 heterocycles. The third-order valence-corrected chi connectivity index (χ3v) is 3.00. The van der Waals surface area contributed by atoms with Crippen LogP contribution in [0.15, 0.2) is 16.9 Å². The molecule has 0 saturated carbocycles. The first-order chi connectivity index (χ1) is 7.54. The first kappa shape index (κ1) is 11.4. The van der Waals surface area contributed by atoms with Gasteiger partial charge in [0.15, 0.2) is 0 Å². The lowest BCUT2D eigenvalue weighted by atomic mass is 10.2. The van der Waals surface area contributed by atoms with Gasteiger partial charge in [0, 0.05) is 6.54 Å². The predicted molar refractivity (Wildman–Crippen MR) is 66.4 cm³/mol. The molecular formula is C11H10Cl2N2O. The summed E-state index contributed by atoms with van der Waals surface area (Å²) in [5, 5.41) is 1.14. The molecule has 0 amide bonds. The van der Waals surface area contributed by atoms with Crippen molar-refractivity contribution in [2.75, 3.05) is 0 Å². The van der Waals surface area contributed by atoms with Crippen LogP contribution in [0.2, 0.25) is 10.3 Å². The first-order valence-electron chi connectivity index (χ1n) is 4.90. The molecule has 0 saturated heterocycles. The molecular weight excluding hydrogens is 247 g/mol. The van der Waals surface area contributed by atoms with Gasteiger partial charge in [-0.15, -0.1) is 0 Å². The quantitative estimate of drug-likeness (QED) is 0.736. The largest absolute Gasteiger partial charge is 0.283 e. The van der Waals surface area contributed by atoms with Crippen LogP contribution >= 0.6 is 23.2 Å². The van der Waals surface area contributed by atoms with E-state index in [2.05, 4.69) is 4.98 Å². The van der Waals surface area contributed by atoms with Gasteiger partial charge >= 0.3 is 0 Å². The highest BCUT2D eigenvalue weighted by atomic mass is 35.5. The van der Waals surface area contributed by atoms with Gasteiger partial charge < -0.3 is 0 Å². The van der Waals surface area contributed by atoms with Gasteiger partial charge in [-0.25, -0.2) is 4.98 Å². The molecule has 2 rings (SSSR count). The van der Waals surface area contributed by atoms with Gasteiger partial charge in [0.05, 0.1) is 15.9 Å². The summed E-state index contributed by atoms with van der Waals surface area (Å²) in [4.78, 5) is 16.2. The van der Waals surface area contributed by atoms with Crippen LogP contribution in [0.25, 0.3) is 10.9 Å². The molecule has 5 heteroatoms. The summed E-state index contributed by atoms with van der Waals surface area (Å²) in [5.41, 5.74) is 1.25. The van der Waals surface area contributed by atoms with E-state index in [1.807, 2.05) is 13.8 Å². The number of nitrogens with zero attached hydrogens (tertiary/aromatic N) is 2. The Morgan fingerprint density at radius 1 is 1.38 bits per heavy atom. The Morgan fingerprint density at radius 3 is 2.69 bits per heavy atom. The number of benzene rings is 1. The number of rotatable bonds is 1. The average Bonchev–Trinajstić information content (AvgIpc) is 2.21. The summed E-state index contributed by atoms with van der Waals surface area (Å²) in [6, 6.07) is 3.54. The molecule has 84 valence electrons. The fraction of sp³-hybridized carbons (Fsp3) is 0.273. The van der Waals surface area contributed by atoms with Crippen molar-refractivity contribution in [1.82, 2.24) is 9.55 Å². The van der Waals surface area contributed by atoms with E-state index < -0.39 is 0 Å². The average molecular weight is 257 g/mol. The molecule has 0 aliphatic carbocycles. The van der Waals surface area contributed by atoms with Crippen LogP contribution < -0.4 is 5.56 Å². The molecule has 0 radical (unpaired) electrons. The second kappa shape index (κ2) is 4.07.